The van der Waals surface area contributed by atoms with Crippen LogP contribution in [0.25, 0.3) is 16.8 Å². The predicted molar refractivity (Wildman–Crippen MR) is 125 cm³/mol. The SMILES string of the molecule is CCC1CCCCN1c1cccc2ccc(/C=C(\C#N)C(=O)NCC(O)C(O)CO)cc12. The second-order valence-corrected chi connectivity index (χ2v) is 8.21. The summed E-state index contributed by atoms with van der Waals surface area (Å²) in [5, 5.41) is 42.1. The molecule has 0 radical (unpaired) electrons. The molecule has 32 heavy (non-hydrogen) atoms. The zero-order valence-corrected chi connectivity index (χ0v) is 18.4. The van der Waals surface area contributed by atoms with Crippen LogP contribution < -0.4 is 10.2 Å². The zero-order valence-electron chi connectivity index (χ0n) is 18.4. The molecule has 0 aromatic heterocycles. The number of nitrogens with zero attached hydrogens (tertiary/aromatic N) is 2. The van der Waals surface area contributed by atoms with E-state index in [0.29, 0.717) is 6.04 Å². The summed E-state index contributed by atoms with van der Waals surface area (Å²) in [6.07, 6.45) is 3.54. The summed E-state index contributed by atoms with van der Waals surface area (Å²) < 4.78 is 0. The van der Waals surface area contributed by atoms with Gasteiger partial charge in [0.15, 0.2) is 0 Å². The van der Waals surface area contributed by atoms with Crippen molar-refractivity contribution in [1.82, 2.24) is 5.32 Å². The number of aliphatic hydroxyl groups is 3. The standard InChI is InChI=1S/C25H31N3O4/c1-2-20-7-3-4-11-28(20)22-8-5-6-18-10-9-17(13-21(18)22)12-19(14-26)25(32)27-15-23(30)24(31)16-29/h5-6,8-10,12-13,20,23-24,29-31H,2-4,7,11,15-16H2,1H3,(H,27,32)/b19-12+. The first-order chi connectivity index (χ1) is 15.5. The number of nitrogens with one attached hydrogen (secondary N) is 1. The number of benzene rings is 2. The Hall–Kier alpha value is -2.92. The van der Waals surface area contributed by atoms with Crippen molar-refractivity contribution in [2.45, 2.75) is 50.9 Å². The maximum absolute atomic E-state index is 12.4. The molecule has 1 heterocycles. The van der Waals surface area contributed by atoms with E-state index in [1.807, 2.05) is 24.3 Å². The van der Waals surface area contributed by atoms with Crippen molar-refractivity contribution in [2.24, 2.45) is 0 Å². The summed E-state index contributed by atoms with van der Waals surface area (Å²) in [5.74, 6) is -0.646. The molecule has 1 aliphatic heterocycles. The van der Waals surface area contributed by atoms with Crippen molar-refractivity contribution in [3.8, 4) is 6.07 Å². The second-order valence-electron chi connectivity index (χ2n) is 8.21. The topological polar surface area (TPSA) is 117 Å². The van der Waals surface area contributed by atoms with Gasteiger partial charge >= 0.3 is 0 Å². The summed E-state index contributed by atoms with van der Waals surface area (Å²) in [7, 11) is 0. The van der Waals surface area contributed by atoms with Gasteiger partial charge < -0.3 is 25.5 Å². The third-order valence-electron chi connectivity index (χ3n) is 6.07. The quantitative estimate of drug-likeness (QED) is 0.372. The van der Waals surface area contributed by atoms with E-state index < -0.39 is 24.7 Å². The number of carbonyl (C=O) groups is 1. The highest BCUT2D eigenvalue weighted by atomic mass is 16.4. The largest absolute Gasteiger partial charge is 0.394 e. The average molecular weight is 438 g/mol. The van der Waals surface area contributed by atoms with E-state index in [2.05, 4.69) is 35.3 Å². The van der Waals surface area contributed by atoms with Gasteiger partial charge in [-0.2, -0.15) is 5.26 Å². The van der Waals surface area contributed by atoms with Crippen LogP contribution in [-0.2, 0) is 4.79 Å². The van der Waals surface area contributed by atoms with Gasteiger partial charge in [-0.25, -0.2) is 0 Å². The molecule has 1 saturated heterocycles. The van der Waals surface area contributed by atoms with Gasteiger partial charge in [0, 0.05) is 30.2 Å². The van der Waals surface area contributed by atoms with Gasteiger partial charge in [-0.15, -0.1) is 0 Å². The third kappa shape index (κ3) is 5.46. The number of nitriles is 1. The molecule has 170 valence electrons. The van der Waals surface area contributed by atoms with Crippen LogP contribution in [0.4, 0.5) is 5.69 Å². The lowest BCUT2D eigenvalue weighted by atomic mass is 9.96. The first-order valence-electron chi connectivity index (χ1n) is 11.1. The average Bonchev–Trinajstić information content (AvgIpc) is 2.84. The van der Waals surface area contributed by atoms with Crippen molar-refractivity contribution in [3.63, 3.8) is 0 Å². The van der Waals surface area contributed by atoms with Crippen LogP contribution in [0.15, 0.2) is 42.0 Å². The minimum absolute atomic E-state index is 0.100. The molecule has 0 saturated carbocycles. The van der Waals surface area contributed by atoms with E-state index >= 15 is 0 Å². The Kier molecular flexibility index (Phi) is 8.23. The van der Waals surface area contributed by atoms with Crippen molar-refractivity contribution < 1.29 is 20.1 Å². The van der Waals surface area contributed by atoms with Gasteiger partial charge in [0.1, 0.15) is 17.7 Å². The predicted octanol–water partition coefficient (Wildman–Crippen LogP) is 2.35. The first-order valence-corrected chi connectivity index (χ1v) is 11.1. The molecule has 1 fully saturated rings. The molecule has 2 aromatic carbocycles. The fourth-order valence-corrected chi connectivity index (χ4v) is 4.22. The van der Waals surface area contributed by atoms with Crippen molar-refractivity contribution >= 4 is 28.4 Å². The van der Waals surface area contributed by atoms with E-state index in [9.17, 15) is 20.3 Å². The number of hydrogen-bond donors (Lipinski definition) is 4. The maximum atomic E-state index is 12.4. The zero-order chi connectivity index (χ0) is 23.1. The Morgan fingerprint density at radius 1 is 1.28 bits per heavy atom. The molecule has 4 N–H and O–H groups in total. The van der Waals surface area contributed by atoms with Crippen LogP contribution in [0.3, 0.4) is 0 Å². The third-order valence-corrected chi connectivity index (χ3v) is 6.07. The van der Waals surface area contributed by atoms with Gasteiger partial charge in [-0.3, -0.25) is 4.79 Å². The normalized spacial score (nSPS) is 18.8. The van der Waals surface area contributed by atoms with Crippen LogP contribution in [0.1, 0.15) is 38.2 Å². The highest BCUT2D eigenvalue weighted by molar-refractivity contribution is 6.03. The number of piperidine rings is 1. The Morgan fingerprint density at radius 3 is 2.81 bits per heavy atom. The van der Waals surface area contributed by atoms with E-state index in [4.69, 9.17) is 5.11 Å². The van der Waals surface area contributed by atoms with Crippen molar-refractivity contribution in [2.75, 3.05) is 24.6 Å². The first kappa shape index (κ1) is 23.7. The summed E-state index contributed by atoms with van der Waals surface area (Å²) in [5.41, 5.74) is 1.81. The van der Waals surface area contributed by atoms with Crippen LogP contribution in [-0.4, -0.2) is 59.2 Å². The smallest absolute Gasteiger partial charge is 0.262 e. The van der Waals surface area contributed by atoms with Gasteiger partial charge in [0.2, 0.25) is 0 Å². The van der Waals surface area contributed by atoms with E-state index in [0.717, 1.165) is 29.3 Å². The molecule has 1 aliphatic rings. The molecular weight excluding hydrogens is 406 g/mol. The molecule has 3 rings (SSSR count). The van der Waals surface area contributed by atoms with Crippen LogP contribution in [0, 0.1) is 11.3 Å². The number of rotatable bonds is 8. The molecule has 3 unspecified atom stereocenters. The van der Waals surface area contributed by atoms with Crippen LogP contribution in [0.2, 0.25) is 0 Å². The summed E-state index contributed by atoms with van der Waals surface area (Å²) >= 11 is 0. The summed E-state index contributed by atoms with van der Waals surface area (Å²) in [6.45, 7) is 2.35. The molecule has 0 aliphatic carbocycles. The number of amides is 1. The molecule has 0 bridgehead atoms. The maximum Gasteiger partial charge on any atom is 0.262 e. The number of fused-ring (bicyclic) bond motifs is 1. The Labute approximate surface area is 188 Å². The minimum Gasteiger partial charge on any atom is -0.394 e. The molecule has 3 atom stereocenters. The summed E-state index contributed by atoms with van der Waals surface area (Å²) in [4.78, 5) is 14.9. The minimum atomic E-state index is -1.36. The number of hydrogen-bond acceptors (Lipinski definition) is 6. The van der Waals surface area contributed by atoms with Crippen LogP contribution >= 0.6 is 0 Å². The molecule has 2 aromatic rings. The monoisotopic (exact) mass is 437 g/mol. The lowest BCUT2D eigenvalue weighted by Crippen LogP contribution is -2.40. The lowest BCUT2D eigenvalue weighted by molar-refractivity contribution is -0.118. The fourth-order valence-electron chi connectivity index (χ4n) is 4.22. The molecule has 7 nitrogen and oxygen atoms in total. The fraction of sp³-hybridized carbons (Fsp3) is 0.440. The Balaban J connectivity index is 1.87. The van der Waals surface area contributed by atoms with Gasteiger partial charge in [0.25, 0.3) is 5.91 Å². The lowest BCUT2D eigenvalue weighted by Gasteiger charge is -2.38. The highest BCUT2D eigenvalue weighted by Gasteiger charge is 2.22. The number of carbonyl (C=O) groups excluding carboxylic acids is 1. The molecule has 1 amide bonds. The number of aliphatic hydroxyl groups excluding tert-OH is 3. The highest BCUT2D eigenvalue weighted by Crippen LogP contribution is 2.33. The van der Waals surface area contributed by atoms with Gasteiger partial charge in [-0.1, -0.05) is 31.2 Å². The van der Waals surface area contributed by atoms with Crippen molar-refractivity contribution in [3.05, 3.63) is 47.5 Å². The van der Waals surface area contributed by atoms with Gasteiger partial charge in [0.05, 0.1) is 12.7 Å². The van der Waals surface area contributed by atoms with Crippen molar-refractivity contribution in [1.29, 1.82) is 5.26 Å². The van der Waals surface area contributed by atoms with Gasteiger partial charge in [-0.05, 0) is 54.8 Å². The van der Waals surface area contributed by atoms with E-state index in [1.165, 1.54) is 31.0 Å². The molecule has 7 heteroatoms. The van der Waals surface area contributed by atoms with E-state index in [-0.39, 0.29) is 12.1 Å². The van der Waals surface area contributed by atoms with E-state index in [1.54, 1.807) is 0 Å². The second kappa shape index (κ2) is 11.1. The molecule has 0 spiro atoms. The Morgan fingerprint density at radius 2 is 2.09 bits per heavy atom. The molecular formula is C25H31N3O4. The summed E-state index contributed by atoms with van der Waals surface area (Å²) in [6, 6.07) is 14.5. The number of anilines is 1. The van der Waals surface area contributed by atoms with Crippen LogP contribution in [0.5, 0.6) is 0 Å². The Bertz CT molecular complexity index is 1010.